The Morgan fingerprint density at radius 1 is 1.38 bits per heavy atom. The largest absolute Gasteiger partial charge is 0.460 e. The smallest absolute Gasteiger partial charge is 0.306 e. The first-order chi connectivity index (χ1) is 11.9. The maximum atomic E-state index is 13.8. The van der Waals surface area contributed by atoms with Crippen molar-refractivity contribution in [2.75, 3.05) is 0 Å². The number of amides is 2. The van der Waals surface area contributed by atoms with E-state index in [1.807, 2.05) is 0 Å². The first kappa shape index (κ1) is 20.4. The number of carbonyl (C=O) groups is 3. The number of nitrogens with zero attached hydrogens (tertiary/aromatic N) is 1. The third-order valence-corrected chi connectivity index (χ3v) is 4.74. The molecule has 0 spiro atoms. The predicted octanol–water partition coefficient (Wildman–Crippen LogP) is 3.08. The van der Waals surface area contributed by atoms with Crippen molar-refractivity contribution in [3.63, 3.8) is 0 Å². The number of rotatable bonds is 5. The minimum atomic E-state index is -0.987. The van der Waals surface area contributed by atoms with Crippen molar-refractivity contribution in [2.24, 2.45) is 5.73 Å². The molecule has 1 aromatic rings. The van der Waals surface area contributed by atoms with E-state index in [1.54, 1.807) is 27.7 Å². The highest BCUT2D eigenvalue weighted by Gasteiger charge is 2.41. The molecule has 2 rings (SSSR count). The second-order valence-electron chi connectivity index (χ2n) is 7.29. The van der Waals surface area contributed by atoms with Crippen LogP contribution in [0.4, 0.5) is 4.39 Å². The number of fused-ring (bicyclic) bond motifs is 1. The van der Waals surface area contributed by atoms with Crippen LogP contribution in [0.2, 0.25) is 0 Å². The van der Waals surface area contributed by atoms with Crippen molar-refractivity contribution < 1.29 is 23.5 Å². The number of benzene rings is 1. The fraction of sp³-hybridized carbons (Fsp3) is 0.500. The zero-order chi connectivity index (χ0) is 19.8. The van der Waals surface area contributed by atoms with Gasteiger partial charge in [-0.15, -0.1) is 0 Å². The number of carbonyl (C=O) groups excluding carboxylic acids is 3. The summed E-state index contributed by atoms with van der Waals surface area (Å²) in [6.07, 6.45) is -0.0201. The first-order valence-electron chi connectivity index (χ1n) is 8.25. The average Bonchev–Trinajstić information content (AvgIpc) is 2.71. The SMILES string of the molecule is C[C@@H]1c2cc(Br)c(F)cc2C(=O)N1[C@@H](CCC(=O)OC(C)(C)C)C(N)=O. The van der Waals surface area contributed by atoms with E-state index in [-0.39, 0.29) is 22.9 Å². The van der Waals surface area contributed by atoms with Crippen molar-refractivity contribution in [3.8, 4) is 0 Å². The van der Waals surface area contributed by atoms with Gasteiger partial charge in [-0.2, -0.15) is 0 Å². The Morgan fingerprint density at radius 2 is 2.00 bits per heavy atom. The summed E-state index contributed by atoms with van der Waals surface area (Å²) in [6, 6.07) is 1.22. The topological polar surface area (TPSA) is 89.7 Å². The molecule has 2 amide bonds. The van der Waals surface area contributed by atoms with Gasteiger partial charge in [0.05, 0.1) is 10.5 Å². The van der Waals surface area contributed by atoms with Crippen molar-refractivity contribution >= 4 is 33.7 Å². The van der Waals surface area contributed by atoms with Gasteiger partial charge in [0.1, 0.15) is 17.5 Å². The van der Waals surface area contributed by atoms with Gasteiger partial charge >= 0.3 is 5.97 Å². The first-order valence-corrected chi connectivity index (χ1v) is 9.04. The third-order valence-electron chi connectivity index (χ3n) is 4.13. The summed E-state index contributed by atoms with van der Waals surface area (Å²) in [4.78, 5) is 37.9. The van der Waals surface area contributed by atoms with E-state index in [4.69, 9.17) is 10.5 Å². The molecule has 1 aromatic carbocycles. The third kappa shape index (κ3) is 4.23. The summed E-state index contributed by atoms with van der Waals surface area (Å²) in [5.41, 5.74) is 5.64. The Hall–Kier alpha value is -1.96. The zero-order valence-corrected chi connectivity index (χ0v) is 16.7. The minimum absolute atomic E-state index is 0.0396. The molecule has 1 heterocycles. The molecule has 0 saturated carbocycles. The van der Waals surface area contributed by atoms with Gasteiger partial charge < -0.3 is 15.4 Å². The minimum Gasteiger partial charge on any atom is -0.460 e. The molecular weight excluding hydrogens is 407 g/mol. The van der Waals surface area contributed by atoms with E-state index < -0.39 is 41.3 Å². The molecule has 0 aliphatic carbocycles. The molecule has 1 aliphatic heterocycles. The highest BCUT2D eigenvalue weighted by atomic mass is 79.9. The van der Waals surface area contributed by atoms with E-state index >= 15 is 0 Å². The molecule has 0 bridgehead atoms. The van der Waals surface area contributed by atoms with Gasteiger partial charge in [-0.05, 0) is 67.7 Å². The van der Waals surface area contributed by atoms with Crippen LogP contribution in [-0.4, -0.2) is 34.3 Å². The van der Waals surface area contributed by atoms with Crippen molar-refractivity contribution in [1.29, 1.82) is 0 Å². The van der Waals surface area contributed by atoms with Crippen molar-refractivity contribution in [2.45, 2.75) is 58.2 Å². The second-order valence-corrected chi connectivity index (χ2v) is 8.14. The van der Waals surface area contributed by atoms with Gasteiger partial charge in [-0.3, -0.25) is 14.4 Å². The van der Waals surface area contributed by atoms with Gasteiger partial charge in [-0.1, -0.05) is 0 Å². The lowest BCUT2D eigenvalue weighted by Crippen LogP contribution is -2.46. The molecule has 0 fully saturated rings. The van der Waals surface area contributed by atoms with E-state index in [2.05, 4.69) is 15.9 Å². The molecule has 142 valence electrons. The molecule has 0 radical (unpaired) electrons. The Morgan fingerprint density at radius 3 is 2.54 bits per heavy atom. The van der Waals surface area contributed by atoms with E-state index in [9.17, 15) is 18.8 Å². The summed E-state index contributed by atoms with van der Waals surface area (Å²) in [6.45, 7) is 6.96. The molecule has 2 N–H and O–H groups in total. The Labute approximate surface area is 160 Å². The van der Waals surface area contributed by atoms with Crippen LogP contribution in [0.25, 0.3) is 0 Å². The lowest BCUT2D eigenvalue weighted by atomic mass is 10.0. The number of nitrogens with two attached hydrogens (primary N) is 1. The Kier molecular flexibility index (Phi) is 5.75. The molecule has 0 aromatic heterocycles. The van der Waals surface area contributed by atoms with E-state index in [0.717, 1.165) is 6.07 Å². The molecule has 2 atom stereocenters. The van der Waals surface area contributed by atoms with Crippen LogP contribution in [0, 0.1) is 5.82 Å². The van der Waals surface area contributed by atoms with Gasteiger partial charge in [0.25, 0.3) is 5.91 Å². The summed E-state index contributed by atoms with van der Waals surface area (Å²) in [7, 11) is 0. The standard InChI is InChI=1S/C18H22BrFN2O4/c1-9-10-7-12(19)13(20)8-11(10)17(25)22(9)14(16(21)24)5-6-15(23)26-18(2,3)4/h7-9,14H,5-6H2,1-4H3,(H2,21,24)/t9-,14+/m1/s1. The van der Waals surface area contributed by atoms with Gasteiger partial charge in [0.15, 0.2) is 0 Å². The molecule has 26 heavy (non-hydrogen) atoms. The monoisotopic (exact) mass is 428 g/mol. The molecule has 8 heteroatoms. The zero-order valence-electron chi connectivity index (χ0n) is 15.1. The van der Waals surface area contributed by atoms with Gasteiger partial charge in [0.2, 0.25) is 5.91 Å². The fourth-order valence-corrected chi connectivity index (χ4v) is 3.40. The number of hydrogen-bond acceptors (Lipinski definition) is 4. The fourth-order valence-electron chi connectivity index (χ4n) is 3.03. The van der Waals surface area contributed by atoms with Gasteiger partial charge in [-0.25, -0.2) is 4.39 Å². The van der Waals surface area contributed by atoms with Crippen LogP contribution < -0.4 is 5.73 Å². The summed E-state index contributed by atoms with van der Waals surface area (Å²) >= 11 is 3.10. The van der Waals surface area contributed by atoms with Crippen molar-refractivity contribution in [3.05, 3.63) is 33.5 Å². The maximum absolute atomic E-state index is 13.8. The number of primary amides is 1. The van der Waals surface area contributed by atoms with Crippen LogP contribution in [0.1, 0.15) is 62.5 Å². The van der Waals surface area contributed by atoms with E-state index in [1.165, 1.54) is 11.0 Å². The number of hydrogen-bond donors (Lipinski definition) is 1. The summed E-state index contributed by atoms with van der Waals surface area (Å²) in [5, 5.41) is 0. The Balaban J connectivity index is 2.22. The van der Waals surface area contributed by atoms with Crippen LogP contribution in [0.15, 0.2) is 16.6 Å². The summed E-state index contributed by atoms with van der Waals surface area (Å²) in [5.74, 6) is -2.24. The van der Waals surface area contributed by atoms with Crippen LogP contribution >= 0.6 is 15.9 Å². The van der Waals surface area contributed by atoms with Crippen LogP contribution in [0.3, 0.4) is 0 Å². The number of halogens is 2. The number of ether oxygens (including phenoxy) is 1. The second kappa shape index (κ2) is 7.34. The lowest BCUT2D eigenvalue weighted by Gasteiger charge is -2.30. The highest BCUT2D eigenvalue weighted by molar-refractivity contribution is 9.10. The number of esters is 1. The van der Waals surface area contributed by atoms with Crippen LogP contribution in [-0.2, 0) is 14.3 Å². The van der Waals surface area contributed by atoms with Gasteiger partial charge in [0, 0.05) is 12.0 Å². The molecule has 0 unspecified atom stereocenters. The normalized spacial score (nSPS) is 17.8. The highest BCUT2D eigenvalue weighted by Crippen LogP contribution is 2.38. The molecule has 6 nitrogen and oxygen atoms in total. The maximum Gasteiger partial charge on any atom is 0.306 e. The predicted molar refractivity (Wildman–Crippen MR) is 96.7 cm³/mol. The molecule has 1 aliphatic rings. The van der Waals surface area contributed by atoms with Crippen LogP contribution in [0.5, 0.6) is 0 Å². The average molecular weight is 429 g/mol. The molecule has 0 saturated heterocycles. The summed E-state index contributed by atoms with van der Waals surface area (Å²) < 4.78 is 19.3. The van der Waals surface area contributed by atoms with Crippen molar-refractivity contribution in [1.82, 2.24) is 4.90 Å². The quantitative estimate of drug-likeness (QED) is 0.729. The Bertz CT molecular complexity index is 760. The molecular formula is C18H22BrFN2O4. The van der Waals surface area contributed by atoms with E-state index in [0.29, 0.717) is 5.56 Å². The lowest BCUT2D eigenvalue weighted by molar-refractivity contribution is -0.155.